The lowest BCUT2D eigenvalue weighted by Gasteiger charge is -2.09. The third kappa shape index (κ3) is 4.37. The van der Waals surface area contributed by atoms with Gasteiger partial charge in [0, 0.05) is 5.56 Å². The first kappa shape index (κ1) is 17.9. The predicted octanol–water partition coefficient (Wildman–Crippen LogP) is 3.13. The summed E-state index contributed by atoms with van der Waals surface area (Å²) in [5.41, 5.74) is -0.281. The van der Waals surface area contributed by atoms with Crippen LogP contribution in [-0.2, 0) is 6.61 Å². The molecule has 136 valence electrons. The van der Waals surface area contributed by atoms with Crippen molar-refractivity contribution in [2.24, 2.45) is 0 Å². The van der Waals surface area contributed by atoms with Gasteiger partial charge in [-0.15, -0.1) is 0 Å². The SMILES string of the molecule is O=c1[nH]c(/C=C\c2ccccc2OCc2ccccc2)nc(O)c1[N+](=O)[O-]. The summed E-state index contributed by atoms with van der Waals surface area (Å²) >= 11 is 0. The minimum absolute atomic E-state index is 0.0130. The number of para-hydroxylation sites is 1. The van der Waals surface area contributed by atoms with Crippen LogP contribution < -0.4 is 10.3 Å². The van der Waals surface area contributed by atoms with Crippen LogP contribution in [0.25, 0.3) is 12.2 Å². The Morgan fingerprint density at radius 3 is 2.52 bits per heavy atom. The van der Waals surface area contributed by atoms with Gasteiger partial charge in [0.2, 0.25) is 0 Å². The van der Waals surface area contributed by atoms with Gasteiger partial charge in [-0.05, 0) is 23.8 Å². The molecule has 0 fully saturated rings. The van der Waals surface area contributed by atoms with E-state index < -0.39 is 22.0 Å². The van der Waals surface area contributed by atoms with E-state index >= 15 is 0 Å². The number of ether oxygens (including phenoxy) is 1. The molecule has 8 nitrogen and oxygen atoms in total. The highest BCUT2D eigenvalue weighted by Gasteiger charge is 2.21. The van der Waals surface area contributed by atoms with Crippen LogP contribution in [0.15, 0.2) is 59.4 Å². The summed E-state index contributed by atoms with van der Waals surface area (Å²) in [6, 6.07) is 16.9. The molecule has 0 aliphatic carbocycles. The number of hydrogen-bond acceptors (Lipinski definition) is 6. The molecule has 1 aromatic heterocycles. The molecule has 8 heteroatoms. The number of H-pyrrole nitrogens is 1. The van der Waals surface area contributed by atoms with Crippen molar-refractivity contribution in [3.05, 3.63) is 92.0 Å². The Morgan fingerprint density at radius 2 is 1.81 bits per heavy atom. The van der Waals surface area contributed by atoms with Crippen LogP contribution in [0.1, 0.15) is 17.0 Å². The van der Waals surface area contributed by atoms with Crippen LogP contribution >= 0.6 is 0 Å². The number of nitrogens with one attached hydrogen (secondary N) is 1. The molecule has 0 atom stereocenters. The van der Waals surface area contributed by atoms with Crippen molar-refractivity contribution in [2.45, 2.75) is 6.61 Å². The molecule has 27 heavy (non-hydrogen) atoms. The fourth-order valence-corrected chi connectivity index (χ4v) is 2.37. The first-order valence-electron chi connectivity index (χ1n) is 7.96. The van der Waals surface area contributed by atoms with E-state index in [1.54, 1.807) is 18.2 Å². The lowest BCUT2D eigenvalue weighted by atomic mass is 10.2. The Kier molecular flexibility index (Phi) is 5.27. The summed E-state index contributed by atoms with van der Waals surface area (Å²) in [4.78, 5) is 27.3. The van der Waals surface area contributed by atoms with E-state index in [1.165, 1.54) is 6.08 Å². The smallest absolute Gasteiger partial charge is 0.395 e. The van der Waals surface area contributed by atoms with Gasteiger partial charge < -0.3 is 14.8 Å². The van der Waals surface area contributed by atoms with E-state index in [1.807, 2.05) is 42.5 Å². The average molecular weight is 365 g/mol. The fraction of sp³-hybridized carbons (Fsp3) is 0.0526. The molecule has 0 unspecified atom stereocenters. The topological polar surface area (TPSA) is 118 Å². The number of aromatic hydroxyl groups is 1. The molecule has 3 rings (SSSR count). The van der Waals surface area contributed by atoms with Gasteiger partial charge in [0.25, 0.3) is 5.88 Å². The summed E-state index contributed by atoms with van der Waals surface area (Å²) < 4.78 is 5.83. The van der Waals surface area contributed by atoms with Crippen LogP contribution in [0.3, 0.4) is 0 Å². The van der Waals surface area contributed by atoms with Crippen LogP contribution in [0, 0.1) is 10.1 Å². The highest BCUT2D eigenvalue weighted by Crippen LogP contribution is 2.22. The van der Waals surface area contributed by atoms with E-state index in [0.717, 1.165) is 5.56 Å². The molecular formula is C19H15N3O5. The first-order valence-corrected chi connectivity index (χ1v) is 7.96. The zero-order valence-electron chi connectivity index (χ0n) is 14.0. The minimum Gasteiger partial charge on any atom is -0.488 e. The van der Waals surface area contributed by atoms with E-state index in [9.17, 15) is 20.0 Å². The van der Waals surface area contributed by atoms with Crippen molar-refractivity contribution >= 4 is 17.8 Å². The maximum atomic E-state index is 11.7. The van der Waals surface area contributed by atoms with Crippen molar-refractivity contribution in [3.8, 4) is 11.6 Å². The second-order valence-corrected chi connectivity index (χ2v) is 5.53. The van der Waals surface area contributed by atoms with Gasteiger partial charge in [-0.3, -0.25) is 14.9 Å². The van der Waals surface area contributed by atoms with Crippen LogP contribution in [0.2, 0.25) is 0 Å². The molecular weight excluding hydrogens is 350 g/mol. The Hall–Kier alpha value is -3.94. The molecule has 0 spiro atoms. The van der Waals surface area contributed by atoms with Crippen LogP contribution in [-0.4, -0.2) is 20.0 Å². The molecule has 0 saturated heterocycles. The molecule has 3 aromatic rings. The predicted molar refractivity (Wildman–Crippen MR) is 99.3 cm³/mol. The van der Waals surface area contributed by atoms with Crippen molar-refractivity contribution in [1.82, 2.24) is 9.97 Å². The zero-order chi connectivity index (χ0) is 19.2. The van der Waals surface area contributed by atoms with Gasteiger partial charge in [0.05, 0.1) is 4.92 Å². The van der Waals surface area contributed by atoms with Crippen molar-refractivity contribution in [2.75, 3.05) is 0 Å². The Bertz CT molecular complexity index is 1040. The number of aromatic nitrogens is 2. The number of hydrogen-bond donors (Lipinski definition) is 2. The maximum Gasteiger partial charge on any atom is 0.395 e. The third-order valence-electron chi connectivity index (χ3n) is 3.65. The Balaban J connectivity index is 1.82. The normalized spacial score (nSPS) is 10.8. The van der Waals surface area contributed by atoms with Gasteiger partial charge in [0.1, 0.15) is 18.2 Å². The molecule has 2 N–H and O–H groups in total. The standard InChI is InChI=1S/C19H15N3O5/c23-18-17(22(25)26)19(24)21-16(20-18)11-10-14-8-4-5-9-15(14)27-12-13-6-2-1-3-7-13/h1-11H,12H2,(H2,20,21,23,24)/b11-10-. The molecule has 0 saturated carbocycles. The lowest BCUT2D eigenvalue weighted by molar-refractivity contribution is -0.387. The summed E-state index contributed by atoms with van der Waals surface area (Å²) in [7, 11) is 0. The van der Waals surface area contributed by atoms with E-state index in [-0.39, 0.29) is 5.82 Å². The van der Waals surface area contributed by atoms with E-state index in [4.69, 9.17) is 4.74 Å². The number of aromatic amines is 1. The number of rotatable bonds is 6. The monoisotopic (exact) mass is 365 g/mol. The van der Waals surface area contributed by atoms with Crippen LogP contribution in [0.5, 0.6) is 11.6 Å². The van der Waals surface area contributed by atoms with E-state index in [0.29, 0.717) is 17.9 Å². The molecule has 0 bridgehead atoms. The molecule has 1 heterocycles. The Morgan fingerprint density at radius 1 is 1.11 bits per heavy atom. The summed E-state index contributed by atoms with van der Waals surface area (Å²) in [6.45, 7) is 0.388. The molecule has 0 radical (unpaired) electrons. The molecule has 0 amide bonds. The number of benzene rings is 2. The first-order chi connectivity index (χ1) is 13.0. The fourth-order valence-electron chi connectivity index (χ4n) is 2.37. The zero-order valence-corrected chi connectivity index (χ0v) is 14.0. The van der Waals surface area contributed by atoms with Gasteiger partial charge in [-0.1, -0.05) is 48.5 Å². The Labute approximate surface area is 153 Å². The average Bonchev–Trinajstić information content (AvgIpc) is 2.65. The quantitative estimate of drug-likeness (QED) is 0.512. The van der Waals surface area contributed by atoms with Gasteiger partial charge in [-0.25, -0.2) is 0 Å². The van der Waals surface area contributed by atoms with Gasteiger partial charge in [0.15, 0.2) is 0 Å². The minimum atomic E-state index is -1.03. The van der Waals surface area contributed by atoms with Gasteiger partial charge >= 0.3 is 11.2 Å². The second-order valence-electron chi connectivity index (χ2n) is 5.53. The summed E-state index contributed by atoms with van der Waals surface area (Å²) in [6.07, 6.45) is 3.05. The second kappa shape index (κ2) is 7.96. The largest absolute Gasteiger partial charge is 0.488 e. The van der Waals surface area contributed by atoms with Crippen molar-refractivity contribution in [1.29, 1.82) is 0 Å². The van der Waals surface area contributed by atoms with Crippen molar-refractivity contribution in [3.63, 3.8) is 0 Å². The van der Waals surface area contributed by atoms with E-state index in [2.05, 4.69) is 9.97 Å². The molecule has 2 aromatic carbocycles. The number of nitro groups is 1. The lowest BCUT2D eigenvalue weighted by Crippen LogP contribution is -2.14. The summed E-state index contributed by atoms with van der Waals surface area (Å²) in [5, 5.41) is 20.3. The molecule has 0 aliphatic rings. The van der Waals surface area contributed by atoms with Crippen LogP contribution in [0.4, 0.5) is 5.69 Å². The maximum absolute atomic E-state index is 11.7. The van der Waals surface area contributed by atoms with Crippen molar-refractivity contribution < 1.29 is 14.8 Å². The number of nitrogens with zero attached hydrogens (tertiary/aromatic N) is 2. The highest BCUT2D eigenvalue weighted by atomic mass is 16.6. The molecule has 0 aliphatic heterocycles. The van der Waals surface area contributed by atoms with Gasteiger partial charge in [-0.2, -0.15) is 4.98 Å². The third-order valence-corrected chi connectivity index (χ3v) is 3.65. The highest BCUT2D eigenvalue weighted by molar-refractivity contribution is 5.70. The summed E-state index contributed by atoms with van der Waals surface area (Å²) in [5.74, 6) is -0.330.